The number of rotatable bonds is 5. The highest BCUT2D eigenvalue weighted by Gasteiger charge is 2.15. The molecule has 4 aromatic rings. The smallest absolute Gasteiger partial charge is 0.272 e. The Bertz CT molecular complexity index is 1190. The van der Waals surface area contributed by atoms with E-state index in [4.69, 9.17) is 9.72 Å². The van der Waals surface area contributed by atoms with Crippen molar-refractivity contribution in [3.8, 4) is 17.0 Å². The van der Waals surface area contributed by atoms with Crippen LogP contribution in [-0.4, -0.2) is 29.2 Å². The average molecular weight is 382 g/mol. The molecule has 0 bridgehead atoms. The van der Waals surface area contributed by atoms with Gasteiger partial charge in [0.15, 0.2) is 0 Å². The van der Waals surface area contributed by atoms with Gasteiger partial charge in [0.2, 0.25) is 0 Å². The van der Waals surface area contributed by atoms with Gasteiger partial charge in [-0.05, 0) is 36.4 Å². The Morgan fingerprint density at radius 2 is 1.83 bits per heavy atom. The van der Waals surface area contributed by atoms with E-state index in [2.05, 4.69) is 15.5 Å². The molecule has 0 saturated carbocycles. The van der Waals surface area contributed by atoms with Crippen LogP contribution in [0.25, 0.3) is 22.2 Å². The van der Waals surface area contributed by atoms with Gasteiger partial charge in [-0.2, -0.15) is 5.10 Å². The first kappa shape index (κ1) is 18.3. The van der Waals surface area contributed by atoms with Gasteiger partial charge in [-0.1, -0.05) is 36.4 Å². The Kier molecular flexibility index (Phi) is 5.25. The van der Waals surface area contributed by atoms with Crippen LogP contribution in [-0.2, 0) is 0 Å². The second kappa shape index (κ2) is 8.31. The van der Waals surface area contributed by atoms with Gasteiger partial charge in [-0.25, -0.2) is 10.4 Å². The normalized spacial score (nSPS) is 10.9. The summed E-state index contributed by atoms with van der Waals surface area (Å²) in [6.45, 7) is 0. The van der Waals surface area contributed by atoms with Gasteiger partial charge < -0.3 is 4.74 Å². The maximum atomic E-state index is 12.9. The fraction of sp³-hybridized carbons (Fsp3) is 0.0435. The van der Waals surface area contributed by atoms with Crippen LogP contribution in [0.2, 0.25) is 0 Å². The lowest BCUT2D eigenvalue weighted by Gasteiger charge is -2.11. The molecular weight excluding hydrogens is 364 g/mol. The summed E-state index contributed by atoms with van der Waals surface area (Å²) < 4.78 is 5.46. The molecule has 0 atom stereocenters. The van der Waals surface area contributed by atoms with Gasteiger partial charge >= 0.3 is 0 Å². The highest BCUT2D eigenvalue weighted by Crippen LogP contribution is 2.31. The summed E-state index contributed by atoms with van der Waals surface area (Å²) in [6.07, 6.45) is 3.17. The van der Waals surface area contributed by atoms with E-state index in [1.807, 2.05) is 60.7 Å². The Hall–Kier alpha value is -4.06. The number of methoxy groups -OCH3 is 1. The molecule has 6 heteroatoms. The van der Waals surface area contributed by atoms with Gasteiger partial charge in [0, 0.05) is 17.1 Å². The zero-order valence-corrected chi connectivity index (χ0v) is 15.7. The molecule has 1 amide bonds. The SMILES string of the molecule is COc1ccccc1-c1cc(C(=O)N/N=C/c2ccccn2)c2ccccc2n1. The molecule has 0 aliphatic heterocycles. The predicted octanol–water partition coefficient (Wildman–Crippen LogP) is 4.07. The molecule has 1 N–H and O–H groups in total. The topological polar surface area (TPSA) is 76.5 Å². The van der Waals surface area contributed by atoms with Crippen molar-refractivity contribution in [2.24, 2.45) is 5.10 Å². The van der Waals surface area contributed by atoms with Crippen LogP contribution in [0.3, 0.4) is 0 Å². The van der Waals surface area contributed by atoms with Crippen molar-refractivity contribution in [2.75, 3.05) is 7.11 Å². The van der Waals surface area contributed by atoms with E-state index in [0.29, 0.717) is 22.7 Å². The number of aromatic nitrogens is 2. The molecule has 2 heterocycles. The molecule has 6 nitrogen and oxygen atoms in total. The number of hydrogen-bond acceptors (Lipinski definition) is 5. The number of pyridine rings is 2. The number of benzene rings is 2. The van der Waals surface area contributed by atoms with Crippen LogP contribution in [0.4, 0.5) is 0 Å². The predicted molar refractivity (Wildman–Crippen MR) is 113 cm³/mol. The van der Waals surface area contributed by atoms with Crippen LogP contribution >= 0.6 is 0 Å². The van der Waals surface area contributed by atoms with Crippen molar-refractivity contribution in [3.63, 3.8) is 0 Å². The molecule has 2 aromatic heterocycles. The molecule has 0 spiro atoms. The Balaban J connectivity index is 1.73. The third-order valence-electron chi connectivity index (χ3n) is 4.39. The molecular formula is C23H18N4O2. The molecule has 4 rings (SSSR count). The first-order valence-electron chi connectivity index (χ1n) is 9.04. The molecule has 142 valence electrons. The fourth-order valence-electron chi connectivity index (χ4n) is 3.03. The van der Waals surface area contributed by atoms with Gasteiger partial charge in [-0.15, -0.1) is 0 Å². The fourth-order valence-corrected chi connectivity index (χ4v) is 3.03. The van der Waals surface area contributed by atoms with E-state index in [-0.39, 0.29) is 5.91 Å². The van der Waals surface area contributed by atoms with Crippen molar-refractivity contribution in [1.29, 1.82) is 0 Å². The molecule has 0 fully saturated rings. The summed E-state index contributed by atoms with van der Waals surface area (Å²) in [7, 11) is 1.61. The third kappa shape index (κ3) is 3.96. The summed E-state index contributed by atoms with van der Waals surface area (Å²) in [5.74, 6) is 0.363. The number of hydrogen-bond donors (Lipinski definition) is 1. The van der Waals surface area contributed by atoms with Crippen molar-refractivity contribution in [2.45, 2.75) is 0 Å². The first-order valence-corrected chi connectivity index (χ1v) is 9.04. The van der Waals surface area contributed by atoms with Crippen molar-refractivity contribution in [3.05, 3.63) is 90.3 Å². The number of carbonyl (C=O) groups is 1. The maximum absolute atomic E-state index is 12.9. The number of amides is 1. The van der Waals surface area contributed by atoms with E-state index < -0.39 is 0 Å². The monoisotopic (exact) mass is 382 g/mol. The molecule has 0 saturated heterocycles. The van der Waals surface area contributed by atoms with Crippen LogP contribution in [0, 0.1) is 0 Å². The van der Waals surface area contributed by atoms with Gasteiger partial charge in [-0.3, -0.25) is 9.78 Å². The molecule has 0 aliphatic carbocycles. The number of para-hydroxylation sites is 2. The number of ether oxygens (including phenoxy) is 1. The molecule has 2 aromatic carbocycles. The summed E-state index contributed by atoms with van der Waals surface area (Å²) in [5, 5.41) is 4.78. The van der Waals surface area contributed by atoms with Crippen LogP contribution in [0.1, 0.15) is 16.1 Å². The summed E-state index contributed by atoms with van der Waals surface area (Å²) in [6, 6.07) is 22.3. The van der Waals surface area contributed by atoms with Crippen molar-refractivity contribution < 1.29 is 9.53 Å². The largest absolute Gasteiger partial charge is 0.496 e. The second-order valence-corrected chi connectivity index (χ2v) is 6.23. The Morgan fingerprint density at radius 1 is 1.03 bits per heavy atom. The van der Waals surface area contributed by atoms with Crippen LogP contribution < -0.4 is 10.2 Å². The van der Waals surface area contributed by atoms with Crippen LogP contribution in [0.5, 0.6) is 5.75 Å². The lowest BCUT2D eigenvalue weighted by molar-refractivity contribution is 0.0956. The first-order chi connectivity index (χ1) is 14.3. The van der Waals surface area contributed by atoms with Gasteiger partial charge in [0.1, 0.15) is 5.75 Å². The minimum atomic E-state index is -0.327. The van der Waals surface area contributed by atoms with Gasteiger partial charge in [0.25, 0.3) is 5.91 Å². The lowest BCUT2D eigenvalue weighted by Crippen LogP contribution is -2.18. The standard InChI is InChI=1S/C23H18N4O2/c1-29-22-12-5-3-10-18(22)21-14-19(17-9-2-4-11-20(17)26-21)23(28)27-25-15-16-8-6-7-13-24-16/h2-15H,1H3,(H,27,28)/b25-15+. The lowest BCUT2D eigenvalue weighted by atomic mass is 10.0. The maximum Gasteiger partial charge on any atom is 0.272 e. The zero-order chi connectivity index (χ0) is 20.1. The second-order valence-electron chi connectivity index (χ2n) is 6.23. The highest BCUT2D eigenvalue weighted by molar-refractivity contribution is 6.07. The molecule has 0 radical (unpaired) electrons. The Morgan fingerprint density at radius 3 is 2.66 bits per heavy atom. The van der Waals surface area contributed by atoms with Gasteiger partial charge in [0.05, 0.1) is 35.8 Å². The van der Waals surface area contributed by atoms with E-state index in [0.717, 1.165) is 16.5 Å². The Labute approximate surface area is 167 Å². The van der Waals surface area contributed by atoms with E-state index >= 15 is 0 Å². The number of carbonyl (C=O) groups excluding carboxylic acids is 1. The number of fused-ring (bicyclic) bond motifs is 1. The van der Waals surface area contributed by atoms with E-state index in [1.165, 1.54) is 6.21 Å². The number of hydrazone groups is 1. The molecule has 0 aliphatic rings. The minimum absolute atomic E-state index is 0.327. The molecule has 29 heavy (non-hydrogen) atoms. The average Bonchev–Trinajstić information content (AvgIpc) is 2.79. The molecule has 0 unspecified atom stereocenters. The van der Waals surface area contributed by atoms with E-state index in [9.17, 15) is 4.79 Å². The van der Waals surface area contributed by atoms with Crippen LogP contribution in [0.15, 0.2) is 84.1 Å². The number of nitrogens with zero attached hydrogens (tertiary/aromatic N) is 3. The summed E-state index contributed by atoms with van der Waals surface area (Å²) >= 11 is 0. The highest BCUT2D eigenvalue weighted by atomic mass is 16.5. The number of nitrogens with one attached hydrogen (secondary N) is 1. The van der Waals surface area contributed by atoms with Crippen molar-refractivity contribution in [1.82, 2.24) is 15.4 Å². The minimum Gasteiger partial charge on any atom is -0.496 e. The quantitative estimate of drug-likeness (QED) is 0.417. The van der Waals surface area contributed by atoms with E-state index in [1.54, 1.807) is 25.4 Å². The summed E-state index contributed by atoms with van der Waals surface area (Å²) in [4.78, 5) is 21.7. The zero-order valence-electron chi connectivity index (χ0n) is 15.7. The third-order valence-corrected chi connectivity index (χ3v) is 4.39. The summed E-state index contributed by atoms with van der Waals surface area (Å²) in [5.41, 5.74) is 5.90. The van der Waals surface area contributed by atoms with Crippen molar-refractivity contribution >= 4 is 23.0 Å².